The molecule has 3 nitrogen and oxygen atoms in total. The lowest BCUT2D eigenvalue weighted by Crippen LogP contribution is -2.05. The van der Waals surface area contributed by atoms with E-state index in [0.29, 0.717) is 16.6 Å². The third-order valence-corrected chi connectivity index (χ3v) is 5.32. The maximum Gasteiger partial charge on any atom is 0.194 e. The fourth-order valence-corrected chi connectivity index (χ4v) is 4.19. The van der Waals surface area contributed by atoms with E-state index in [-0.39, 0.29) is 0 Å². The summed E-state index contributed by atoms with van der Waals surface area (Å²) in [6.07, 6.45) is 2.79. The fourth-order valence-electron chi connectivity index (χ4n) is 1.92. The Morgan fingerprint density at radius 2 is 2.20 bits per heavy atom. The van der Waals surface area contributed by atoms with Crippen LogP contribution in [0, 0.1) is 0 Å². The first kappa shape index (κ1) is 14.2. The van der Waals surface area contributed by atoms with E-state index in [1.165, 1.54) is 11.8 Å². The summed E-state index contributed by atoms with van der Waals surface area (Å²) in [5.41, 5.74) is 6.82. The van der Waals surface area contributed by atoms with Gasteiger partial charge in [-0.3, -0.25) is 4.40 Å². The number of fused-ring (bicyclic) bond motifs is 1. The molecule has 1 aromatic carbocycles. The van der Waals surface area contributed by atoms with Crippen LogP contribution in [0.25, 0.3) is 4.96 Å². The number of benzene rings is 1. The number of nitrogens with zero attached hydrogens (tertiary/aromatic N) is 2. The maximum atomic E-state index is 6.21. The molecule has 3 rings (SSSR count). The van der Waals surface area contributed by atoms with Crippen molar-refractivity contribution in [2.45, 2.75) is 16.3 Å². The Morgan fingerprint density at radius 1 is 1.35 bits per heavy atom. The molecule has 0 spiro atoms. The van der Waals surface area contributed by atoms with Crippen molar-refractivity contribution < 1.29 is 0 Å². The zero-order valence-corrected chi connectivity index (χ0v) is 13.5. The summed E-state index contributed by atoms with van der Waals surface area (Å²) in [6, 6.07) is 5.43. The molecule has 0 aliphatic rings. The van der Waals surface area contributed by atoms with Crippen LogP contribution in [0.5, 0.6) is 0 Å². The van der Waals surface area contributed by atoms with E-state index in [2.05, 4.69) is 9.38 Å². The molecule has 7 heteroatoms. The SMILES string of the molecule is NCCc1c(Sc2cc(Cl)ccc2Cl)nc2sccn12. The van der Waals surface area contributed by atoms with Gasteiger partial charge in [0.2, 0.25) is 0 Å². The average Bonchev–Trinajstić information content (AvgIpc) is 2.98. The van der Waals surface area contributed by atoms with Crippen LogP contribution in [0.4, 0.5) is 0 Å². The summed E-state index contributed by atoms with van der Waals surface area (Å²) < 4.78 is 2.08. The second-order valence-corrected chi connectivity index (χ2v) is 6.88. The molecule has 0 saturated carbocycles. The lowest BCUT2D eigenvalue weighted by molar-refractivity contribution is 0.879. The van der Waals surface area contributed by atoms with E-state index in [1.54, 1.807) is 23.5 Å². The Bertz CT molecular complexity index is 751. The highest BCUT2D eigenvalue weighted by Gasteiger charge is 2.15. The molecule has 0 atom stereocenters. The number of imidazole rings is 1. The molecule has 0 radical (unpaired) electrons. The minimum absolute atomic E-state index is 0.584. The van der Waals surface area contributed by atoms with Gasteiger partial charge in [0, 0.05) is 27.9 Å². The van der Waals surface area contributed by atoms with Crippen LogP contribution in [0.15, 0.2) is 39.7 Å². The van der Waals surface area contributed by atoms with Gasteiger partial charge < -0.3 is 5.73 Å². The minimum Gasteiger partial charge on any atom is -0.330 e. The summed E-state index contributed by atoms with van der Waals surface area (Å²) in [5.74, 6) is 0. The van der Waals surface area contributed by atoms with Crippen molar-refractivity contribution in [3.8, 4) is 0 Å². The molecule has 2 heterocycles. The van der Waals surface area contributed by atoms with Gasteiger partial charge in [0.25, 0.3) is 0 Å². The van der Waals surface area contributed by atoms with Gasteiger partial charge in [0.15, 0.2) is 4.96 Å². The maximum absolute atomic E-state index is 6.21. The van der Waals surface area contributed by atoms with Crippen molar-refractivity contribution in [1.29, 1.82) is 0 Å². The Balaban J connectivity index is 2.03. The van der Waals surface area contributed by atoms with Gasteiger partial charge >= 0.3 is 0 Å². The molecule has 0 saturated heterocycles. The molecule has 3 aromatic rings. The number of halogens is 2. The van der Waals surface area contributed by atoms with Gasteiger partial charge in [-0.15, -0.1) is 11.3 Å². The molecule has 20 heavy (non-hydrogen) atoms. The Kier molecular flexibility index (Phi) is 4.23. The number of hydrogen-bond acceptors (Lipinski definition) is 4. The highest BCUT2D eigenvalue weighted by Crippen LogP contribution is 2.37. The van der Waals surface area contributed by atoms with E-state index in [4.69, 9.17) is 28.9 Å². The van der Waals surface area contributed by atoms with Crippen LogP contribution >= 0.6 is 46.3 Å². The molecule has 2 N–H and O–H groups in total. The zero-order chi connectivity index (χ0) is 14.1. The molecular weight excluding hydrogens is 333 g/mol. The van der Waals surface area contributed by atoms with Gasteiger partial charge in [-0.1, -0.05) is 35.0 Å². The van der Waals surface area contributed by atoms with E-state index < -0.39 is 0 Å². The van der Waals surface area contributed by atoms with Gasteiger partial charge in [0.05, 0.1) is 10.7 Å². The van der Waals surface area contributed by atoms with Gasteiger partial charge in [-0.05, 0) is 24.7 Å². The fraction of sp³-hybridized carbons (Fsp3) is 0.154. The molecular formula is C13H11Cl2N3S2. The van der Waals surface area contributed by atoms with Crippen molar-refractivity contribution >= 4 is 51.3 Å². The Morgan fingerprint density at radius 3 is 3.00 bits per heavy atom. The second kappa shape index (κ2) is 5.95. The third kappa shape index (κ3) is 2.69. The minimum atomic E-state index is 0.584. The van der Waals surface area contributed by atoms with Crippen molar-refractivity contribution in [2.75, 3.05) is 6.54 Å². The van der Waals surface area contributed by atoms with E-state index in [0.717, 1.165) is 27.0 Å². The van der Waals surface area contributed by atoms with Gasteiger partial charge in [0.1, 0.15) is 5.03 Å². The number of hydrogen-bond donors (Lipinski definition) is 1. The van der Waals surface area contributed by atoms with Crippen LogP contribution in [-0.2, 0) is 6.42 Å². The Hall–Kier alpha value is -0.720. The largest absolute Gasteiger partial charge is 0.330 e. The molecule has 2 aromatic heterocycles. The van der Waals surface area contributed by atoms with Crippen LogP contribution < -0.4 is 5.73 Å². The van der Waals surface area contributed by atoms with Crippen LogP contribution in [-0.4, -0.2) is 15.9 Å². The summed E-state index contributed by atoms with van der Waals surface area (Å²) in [5, 5.41) is 4.29. The lowest BCUT2D eigenvalue weighted by atomic mass is 10.3. The van der Waals surface area contributed by atoms with Crippen LogP contribution in [0.2, 0.25) is 10.0 Å². The molecule has 0 bridgehead atoms. The number of rotatable bonds is 4. The Labute approximate surface area is 134 Å². The molecule has 0 aliphatic heterocycles. The first-order valence-electron chi connectivity index (χ1n) is 5.96. The summed E-state index contributed by atoms with van der Waals surface area (Å²) >= 11 is 15.4. The predicted molar refractivity (Wildman–Crippen MR) is 86.4 cm³/mol. The second-order valence-electron chi connectivity index (χ2n) is 4.13. The highest BCUT2D eigenvalue weighted by molar-refractivity contribution is 7.99. The van der Waals surface area contributed by atoms with E-state index >= 15 is 0 Å². The molecule has 0 unspecified atom stereocenters. The molecule has 0 aliphatic carbocycles. The van der Waals surface area contributed by atoms with Crippen LogP contribution in [0.3, 0.4) is 0 Å². The first-order valence-corrected chi connectivity index (χ1v) is 8.41. The quantitative estimate of drug-likeness (QED) is 0.765. The normalized spacial score (nSPS) is 11.3. The smallest absolute Gasteiger partial charge is 0.194 e. The monoisotopic (exact) mass is 343 g/mol. The van der Waals surface area contributed by atoms with Gasteiger partial charge in [-0.25, -0.2) is 4.98 Å². The lowest BCUT2D eigenvalue weighted by Gasteiger charge is -2.05. The molecule has 0 amide bonds. The van der Waals surface area contributed by atoms with Gasteiger partial charge in [-0.2, -0.15) is 0 Å². The predicted octanol–water partition coefficient (Wildman–Crippen LogP) is 4.36. The van der Waals surface area contributed by atoms with E-state index in [1.807, 2.05) is 17.6 Å². The molecule has 0 fully saturated rings. The van der Waals surface area contributed by atoms with Crippen molar-refractivity contribution in [2.24, 2.45) is 5.73 Å². The van der Waals surface area contributed by atoms with Crippen LogP contribution in [0.1, 0.15) is 5.69 Å². The average molecular weight is 344 g/mol. The molecule has 104 valence electrons. The summed E-state index contributed by atoms with van der Waals surface area (Å²) in [6.45, 7) is 0.584. The topological polar surface area (TPSA) is 43.3 Å². The number of thiazole rings is 1. The highest BCUT2D eigenvalue weighted by atomic mass is 35.5. The van der Waals surface area contributed by atoms with E-state index in [9.17, 15) is 0 Å². The van der Waals surface area contributed by atoms with Crippen molar-refractivity contribution in [3.63, 3.8) is 0 Å². The number of aromatic nitrogens is 2. The zero-order valence-electron chi connectivity index (χ0n) is 10.3. The first-order chi connectivity index (χ1) is 9.69. The summed E-state index contributed by atoms with van der Waals surface area (Å²) in [7, 11) is 0. The standard InChI is InChI=1S/C13H11Cl2N3S2/c14-8-1-2-9(15)11(7-8)20-12-10(3-4-16)18-5-6-19-13(18)17-12/h1-2,5-7H,3-4,16H2. The number of nitrogens with two attached hydrogens (primary N) is 1. The van der Waals surface area contributed by atoms with Crippen molar-refractivity contribution in [3.05, 3.63) is 45.5 Å². The summed E-state index contributed by atoms with van der Waals surface area (Å²) in [4.78, 5) is 6.52. The third-order valence-electron chi connectivity index (χ3n) is 2.81. The van der Waals surface area contributed by atoms with Crippen molar-refractivity contribution in [1.82, 2.24) is 9.38 Å².